The fourth-order valence-electron chi connectivity index (χ4n) is 2.53. The van der Waals surface area contributed by atoms with Gasteiger partial charge in [-0.05, 0) is 37.1 Å². The molecular weight excluding hydrogens is 368 g/mol. The third kappa shape index (κ3) is 4.99. The van der Waals surface area contributed by atoms with E-state index in [0.717, 1.165) is 12.0 Å². The van der Waals surface area contributed by atoms with Gasteiger partial charge in [-0.1, -0.05) is 25.1 Å². The quantitative estimate of drug-likeness (QED) is 0.720. The largest absolute Gasteiger partial charge is 0.493 e. The van der Waals surface area contributed by atoms with Crippen LogP contribution >= 0.6 is 0 Å². The Morgan fingerprint density at radius 2 is 1.74 bits per heavy atom. The maximum atomic E-state index is 12.6. The van der Waals surface area contributed by atoms with E-state index in [9.17, 15) is 13.2 Å². The van der Waals surface area contributed by atoms with Crippen LogP contribution < -0.4 is 19.5 Å². The smallest absolute Gasteiger partial charge is 0.242 e. The van der Waals surface area contributed by atoms with Gasteiger partial charge in [0.2, 0.25) is 15.9 Å². The number of nitrogens with one attached hydrogen (secondary N) is 2. The first-order chi connectivity index (χ1) is 12.8. The van der Waals surface area contributed by atoms with Crippen molar-refractivity contribution in [1.82, 2.24) is 4.72 Å². The number of methoxy groups -OCH3 is 2. The number of ether oxygens (including phenoxy) is 2. The highest BCUT2D eigenvalue weighted by Gasteiger charge is 2.23. The molecule has 0 aromatic heterocycles. The zero-order chi connectivity index (χ0) is 20.0. The Kier molecular flexibility index (Phi) is 6.81. The van der Waals surface area contributed by atoms with Crippen molar-refractivity contribution in [2.24, 2.45) is 0 Å². The van der Waals surface area contributed by atoms with Gasteiger partial charge >= 0.3 is 0 Å². The van der Waals surface area contributed by atoms with Crippen molar-refractivity contribution in [3.8, 4) is 11.5 Å². The van der Waals surface area contributed by atoms with Crippen molar-refractivity contribution in [3.63, 3.8) is 0 Å². The van der Waals surface area contributed by atoms with Gasteiger partial charge in [-0.15, -0.1) is 0 Å². The number of anilines is 1. The maximum Gasteiger partial charge on any atom is 0.242 e. The monoisotopic (exact) mass is 392 g/mol. The molecule has 27 heavy (non-hydrogen) atoms. The summed E-state index contributed by atoms with van der Waals surface area (Å²) in [5.41, 5.74) is 1.64. The van der Waals surface area contributed by atoms with E-state index in [1.165, 1.54) is 39.3 Å². The predicted molar refractivity (Wildman–Crippen MR) is 104 cm³/mol. The normalized spacial score (nSPS) is 12.3. The van der Waals surface area contributed by atoms with Crippen molar-refractivity contribution in [2.45, 2.75) is 31.2 Å². The van der Waals surface area contributed by atoms with E-state index in [2.05, 4.69) is 10.0 Å². The van der Waals surface area contributed by atoms with E-state index >= 15 is 0 Å². The molecule has 0 heterocycles. The van der Waals surface area contributed by atoms with Gasteiger partial charge in [0.1, 0.15) is 0 Å². The second-order valence-corrected chi connectivity index (χ2v) is 7.57. The van der Waals surface area contributed by atoms with E-state index in [0.29, 0.717) is 11.4 Å². The molecule has 8 heteroatoms. The molecule has 0 aliphatic heterocycles. The fraction of sp³-hybridized carbons (Fsp3) is 0.316. The standard InChI is InChI=1S/C19H24N2O5S/c1-5-14-8-6-7-9-16(14)20-19(22)13(2)21-27(23,24)15-10-11-17(25-3)18(12-15)26-4/h6-13,21H,5H2,1-4H3,(H,20,22). The van der Waals surface area contributed by atoms with Gasteiger partial charge in [0.05, 0.1) is 25.2 Å². The van der Waals surface area contributed by atoms with Crippen LogP contribution in [0.1, 0.15) is 19.4 Å². The third-order valence-electron chi connectivity index (χ3n) is 4.05. The first-order valence-electron chi connectivity index (χ1n) is 8.45. The lowest BCUT2D eigenvalue weighted by Crippen LogP contribution is -2.41. The number of aryl methyl sites for hydroxylation is 1. The third-order valence-corrected chi connectivity index (χ3v) is 5.59. The Balaban J connectivity index is 2.16. The van der Waals surface area contributed by atoms with Gasteiger partial charge < -0.3 is 14.8 Å². The summed E-state index contributed by atoms with van der Waals surface area (Å²) in [6.07, 6.45) is 0.752. The van der Waals surface area contributed by atoms with Crippen LogP contribution in [0.25, 0.3) is 0 Å². The number of para-hydroxylation sites is 1. The highest BCUT2D eigenvalue weighted by Crippen LogP contribution is 2.29. The van der Waals surface area contributed by atoms with Gasteiger partial charge in [0.25, 0.3) is 0 Å². The number of sulfonamides is 1. The Hall–Kier alpha value is -2.58. The molecule has 1 unspecified atom stereocenters. The van der Waals surface area contributed by atoms with Crippen LogP contribution in [0.2, 0.25) is 0 Å². The van der Waals surface area contributed by atoms with Crippen molar-refractivity contribution in [3.05, 3.63) is 48.0 Å². The van der Waals surface area contributed by atoms with Crippen LogP contribution in [0.4, 0.5) is 5.69 Å². The Morgan fingerprint density at radius 3 is 2.37 bits per heavy atom. The summed E-state index contributed by atoms with van der Waals surface area (Å²) in [7, 11) is -1.03. The Labute approximate surface area is 159 Å². The average molecular weight is 392 g/mol. The molecule has 7 nitrogen and oxygen atoms in total. The summed E-state index contributed by atoms with van der Waals surface area (Å²) < 4.78 is 37.8. The molecule has 2 aromatic rings. The van der Waals surface area contributed by atoms with Crippen molar-refractivity contribution >= 4 is 21.6 Å². The number of benzene rings is 2. The van der Waals surface area contributed by atoms with Gasteiger partial charge in [-0.25, -0.2) is 8.42 Å². The topological polar surface area (TPSA) is 93.7 Å². The molecule has 0 saturated carbocycles. The number of carbonyl (C=O) groups is 1. The lowest BCUT2D eigenvalue weighted by Gasteiger charge is -2.16. The molecule has 146 valence electrons. The number of amides is 1. The Bertz CT molecular complexity index is 912. The van der Waals surface area contributed by atoms with E-state index in [-0.39, 0.29) is 10.6 Å². The van der Waals surface area contributed by atoms with Crippen molar-refractivity contribution < 1.29 is 22.7 Å². The van der Waals surface area contributed by atoms with E-state index in [4.69, 9.17) is 9.47 Å². The Morgan fingerprint density at radius 1 is 1.07 bits per heavy atom. The van der Waals surface area contributed by atoms with Gasteiger partial charge in [0, 0.05) is 11.8 Å². The number of hydrogen-bond acceptors (Lipinski definition) is 5. The molecule has 0 saturated heterocycles. The van der Waals surface area contributed by atoms with E-state index in [1.54, 1.807) is 6.07 Å². The van der Waals surface area contributed by atoms with Crippen molar-refractivity contribution in [1.29, 1.82) is 0 Å². The second-order valence-electron chi connectivity index (χ2n) is 5.86. The second kappa shape index (κ2) is 8.88. The average Bonchev–Trinajstić information content (AvgIpc) is 2.67. The predicted octanol–water partition coefficient (Wildman–Crippen LogP) is 2.57. The zero-order valence-corrected chi connectivity index (χ0v) is 16.6. The number of hydrogen-bond donors (Lipinski definition) is 2. The molecule has 0 fully saturated rings. The summed E-state index contributed by atoms with van der Waals surface area (Å²) in [5.74, 6) is 0.257. The summed E-state index contributed by atoms with van der Waals surface area (Å²) in [6.45, 7) is 3.47. The van der Waals surface area contributed by atoms with Gasteiger partial charge in [-0.2, -0.15) is 4.72 Å². The number of carbonyl (C=O) groups excluding carboxylic acids is 1. The molecule has 0 aliphatic rings. The highest BCUT2D eigenvalue weighted by atomic mass is 32.2. The lowest BCUT2D eigenvalue weighted by molar-refractivity contribution is -0.117. The van der Waals surface area contributed by atoms with Gasteiger partial charge in [-0.3, -0.25) is 4.79 Å². The minimum absolute atomic E-state index is 0.0197. The van der Waals surface area contributed by atoms with Crippen LogP contribution in [-0.2, 0) is 21.2 Å². The molecule has 0 radical (unpaired) electrons. The summed E-state index contributed by atoms with van der Waals surface area (Å²) in [6, 6.07) is 10.7. The zero-order valence-electron chi connectivity index (χ0n) is 15.8. The molecular formula is C19H24N2O5S. The molecule has 1 amide bonds. The highest BCUT2D eigenvalue weighted by molar-refractivity contribution is 7.89. The number of rotatable bonds is 8. The molecule has 0 bridgehead atoms. The molecule has 1 atom stereocenters. The van der Waals surface area contributed by atoms with E-state index < -0.39 is 22.0 Å². The molecule has 2 aromatic carbocycles. The summed E-state index contributed by atoms with van der Waals surface area (Å²) >= 11 is 0. The minimum Gasteiger partial charge on any atom is -0.493 e. The van der Waals surface area contributed by atoms with Crippen LogP contribution in [0, 0.1) is 0 Å². The molecule has 0 spiro atoms. The maximum absolute atomic E-state index is 12.6. The van der Waals surface area contributed by atoms with Crippen LogP contribution in [0.3, 0.4) is 0 Å². The SMILES string of the molecule is CCc1ccccc1NC(=O)C(C)NS(=O)(=O)c1ccc(OC)c(OC)c1. The fourth-order valence-corrected chi connectivity index (χ4v) is 3.75. The molecule has 2 rings (SSSR count). The van der Waals surface area contributed by atoms with Gasteiger partial charge in [0.15, 0.2) is 11.5 Å². The molecule has 0 aliphatic carbocycles. The lowest BCUT2D eigenvalue weighted by atomic mass is 10.1. The molecule has 2 N–H and O–H groups in total. The van der Waals surface area contributed by atoms with Crippen LogP contribution in [0.15, 0.2) is 47.4 Å². The van der Waals surface area contributed by atoms with Crippen LogP contribution in [-0.4, -0.2) is 34.6 Å². The first kappa shape index (κ1) is 20.7. The van der Waals surface area contributed by atoms with E-state index in [1.807, 2.05) is 25.1 Å². The first-order valence-corrected chi connectivity index (χ1v) is 9.93. The van der Waals surface area contributed by atoms with Crippen molar-refractivity contribution in [2.75, 3.05) is 19.5 Å². The summed E-state index contributed by atoms with van der Waals surface area (Å²) in [5, 5.41) is 2.77. The summed E-state index contributed by atoms with van der Waals surface area (Å²) in [4.78, 5) is 12.4. The minimum atomic E-state index is -3.92. The van der Waals surface area contributed by atoms with Crippen LogP contribution in [0.5, 0.6) is 11.5 Å².